The number of nitrogens with two attached hydrogens (primary N) is 1. The van der Waals surface area contributed by atoms with Gasteiger partial charge in [-0.2, -0.15) is 5.10 Å². The Labute approximate surface area is 91.7 Å². The van der Waals surface area contributed by atoms with E-state index >= 15 is 0 Å². The van der Waals surface area contributed by atoms with Gasteiger partial charge in [0.1, 0.15) is 0 Å². The van der Waals surface area contributed by atoms with Crippen LogP contribution in [0.1, 0.15) is 37.1 Å². The summed E-state index contributed by atoms with van der Waals surface area (Å²) in [5, 5.41) is 4.46. The highest BCUT2D eigenvalue weighted by Crippen LogP contribution is 2.27. The zero-order chi connectivity index (χ0) is 10.8. The van der Waals surface area contributed by atoms with Crippen LogP contribution in [0.4, 0.5) is 0 Å². The fourth-order valence-corrected chi connectivity index (χ4v) is 2.59. The van der Waals surface area contributed by atoms with Gasteiger partial charge in [-0.1, -0.05) is 12.8 Å². The molecule has 2 rings (SSSR count). The highest BCUT2D eigenvalue weighted by atomic mass is 15.3. The van der Waals surface area contributed by atoms with Crippen LogP contribution in [0.3, 0.4) is 0 Å². The predicted molar refractivity (Wildman–Crippen MR) is 61.6 cm³/mol. The molecule has 1 heterocycles. The molecule has 1 aliphatic carbocycles. The Kier molecular flexibility index (Phi) is 3.10. The lowest BCUT2D eigenvalue weighted by molar-refractivity contribution is 0.369. The second kappa shape index (κ2) is 4.35. The van der Waals surface area contributed by atoms with Crippen molar-refractivity contribution in [3.63, 3.8) is 0 Å². The van der Waals surface area contributed by atoms with Gasteiger partial charge in [-0.05, 0) is 38.7 Å². The molecule has 1 fully saturated rings. The molecule has 84 valence electrons. The van der Waals surface area contributed by atoms with E-state index in [4.69, 9.17) is 5.73 Å². The monoisotopic (exact) mass is 207 g/mol. The second-order valence-corrected chi connectivity index (χ2v) is 4.82. The van der Waals surface area contributed by atoms with E-state index in [0.717, 1.165) is 12.2 Å². The first kappa shape index (κ1) is 10.7. The van der Waals surface area contributed by atoms with Gasteiger partial charge < -0.3 is 5.73 Å². The van der Waals surface area contributed by atoms with E-state index in [9.17, 15) is 0 Å². The van der Waals surface area contributed by atoms with Gasteiger partial charge in [0.05, 0.1) is 12.2 Å². The molecule has 1 saturated carbocycles. The maximum Gasteiger partial charge on any atom is 0.0596 e. The second-order valence-electron chi connectivity index (χ2n) is 4.82. The Hall–Kier alpha value is -0.830. The SMILES string of the molecule is Cc1cc(C)n(CC(N)C2CCCC2)n1. The minimum Gasteiger partial charge on any atom is -0.326 e. The van der Waals surface area contributed by atoms with Gasteiger partial charge in [0.25, 0.3) is 0 Å². The van der Waals surface area contributed by atoms with E-state index in [-0.39, 0.29) is 6.04 Å². The summed E-state index contributed by atoms with van der Waals surface area (Å²) in [7, 11) is 0. The maximum absolute atomic E-state index is 6.23. The zero-order valence-corrected chi connectivity index (χ0v) is 9.74. The summed E-state index contributed by atoms with van der Waals surface area (Å²) >= 11 is 0. The lowest BCUT2D eigenvalue weighted by Crippen LogP contribution is -2.33. The van der Waals surface area contributed by atoms with Crippen molar-refractivity contribution < 1.29 is 0 Å². The third-order valence-electron chi connectivity index (χ3n) is 3.49. The molecule has 1 aliphatic rings. The number of hydrogen-bond donors (Lipinski definition) is 1. The average Bonchev–Trinajstić information content (AvgIpc) is 2.76. The molecule has 1 atom stereocenters. The van der Waals surface area contributed by atoms with Crippen LogP contribution < -0.4 is 5.73 Å². The molecule has 0 saturated heterocycles. The van der Waals surface area contributed by atoms with Gasteiger partial charge in [0.15, 0.2) is 0 Å². The van der Waals surface area contributed by atoms with Crippen LogP contribution >= 0.6 is 0 Å². The molecular formula is C12H21N3. The largest absolute Gasteiger partial charge is 0.326 e. The number of hydrogen-bond acceptors (Lipinski definition) is 2. The molecular weight excluding hydrogens is 186 g/mol. The van der Waals surface area contributed by atoms with E-state index < -0.39 is 0 Å². The van der Waals surface area contributed by atoms with Crippen LogP contribution in [0.5, 0.6) is 0 Å². The quantitative estimate of drug-likeness (QED) is 0.824. The minimum absolute atomic E-state index is 0.283. The van der Waals surface area contributed by atoms with Crippen LogP contribution in [-0.4, -0.2) is 15.8 Å². The van der Waals surface area contributed by atoms with Crippen molar-refractivity contribution in [2.24, 2.45) is 11.7 Å². The standard InChI is InChI=1S/C12H21N3/c1-9-7-10(2)15(14-9)8-12(13)11-5-3-4-6-11/h7,11-12H,3-6,8,13H2,1-2H3. The molecule has 1 aromatic rings. The molecule has 3 nitrogen and oxygen atoms in total. The van der Waals surface area contributed by atoms with Gasteiger partial charge >= 0.3 is 0 Å². The minimum atomic E-state index is 0.283. The first-order chi connectivity index (χ1) is 7.16. The number of rotatable bonds is 3. The first-order valence-corrected chi connectivity index (χ1v) is 5.93. The number of aryl methyl sites for hydroxylation is 2. The van der Waals surface area contributed by atoms with Crippen molar-refractivity contribution in [2.75, 3.05) is 0 Å². The van der Waals surface area contributed by atoms with Gasteiger partial charge in [0.2, 0.25) is 0 Å². The Bertz CT molecular complexity index is 324. The maximum atomic E-state index is 6.23. The molecule has 0 spiro atoms. The Morgan fingerprint density at radius 2 is 2.13 bits per heavy atom. The molecule has 1 unspecified atom stereocenters. The van der Waals surface area contributed by atoms with E-state index in [1.165, 1.54) is 31.4 Å². The summed E-state index contributed by atoms with van der Waals surface area (Å²) in [4.78, 5) is 0. The Balaban J connectivity index is 1.98. The van der Waals surface area contributed by atoms with Crippen molar-refractivity contribution in [2.45, 2.75) is 52.1 Å². The molecule has 3 heteroatoms. The molecule has 15 heavy (non-hydrogen) atoms. The van der Waals surface area contributed by atoms with E-state index in [1.54, 1.807) is 0 Å². The van der Waals surface area contributed by atoms with Gasteiger partial charge in [-0.25, -0.2) is 0 Å². The summed E-state index contributed by atoms with van der Waals surface area (Å²) in [6.45, 7) is 5.01. The molecule has 1 aromatic heterocycles. The van der Waals surface area contributed by atoms with Crippen LogP contribution in [0, 0.1) is 19.8 Å². The molecule has 0 amide bonds. The van der Waals surface area contributed by atoms with Crippen LogP contribution in [-0.2, 0) is 6.54 Å². The summed E-state index contributed by atoms with van der Waals surface area (Å²) in [5.41, 5.74) is 8.54. The van der Waals surface area contributed by atoms with Gasteiger partial charge in [0, 0.05) is 11.7 Å². The lowest BCUT2D eigenvalue weighted by Gasteiger charge is -2.19. The molecule has 0 bridgehead atoms. The summed E-state index contributed by atoms with van der Waals surface area (Å²) in [6, 6.07) is 2.40. The predicted octanol–water partition coefficient (Wildman–Crippen LogP) is 2.02. The normalized spacial score (nSPS) is 19.7. The Morgan fingerprint density at radius 1 is 1.47 bits per heavy atom. The van der Waals surface area contributed by atoms with E-state index in [0.29, 0.717) is 5.92 Å². The number of aromatic nitrogens is 2. The molecule has 2 N–H and O–H groups in total. The zero-order valence-electron chi connectivity index (χ0n) is 9.74. The third kappa shape index (κ3) is 2.40. The molecule has 0 aromatic carbocycles. The fraction of sp³-hybridized carbons (Fsp3) is 0.750. The number of nitrogens with zero attached hydrogens (tertiary/aromatic N) is 2. The van der Waals surface area contributed by atoms with E-state index in [2.05, 4.69) is 22.8 Å². The molecule has 0 radical (unpaired) electrons. The first-order valence-electron chi connectivity index (χ1n) is 5.93. The Morgan fingerprint density at radius 3 is 2.67 bits per heavy atom. The van der Waals surface area contributed by atoms with Crippen LogP contribution in [0.25, 0.3) is 0 Å². The highest BCUT2D eigenvalue weighted by molar-refractivity contribution is 5.06. The van der Waals surface area contributed by atoms with E-state index in [1.807, 2.05) is 6.92 Å². The van der Waals surface area contributed by atoms with Gasteiger partial charge in [-0.3, -0.25) is 4.68 Å². The van der Waals surface area contributed by atoms with Crippen LogP contribution in [0.15, 0.2) is 6.07 Å². The van der Waals surface area contributed by atoms with Crippen LogP contribution in [0.2, 0.25) is 0 Å². The smallest absolute Gasteiger partial charge is 0.0596 e. The van der Waals surface area contributed by atoms with Crippen molar-refractivity contribution >= 4 is 0 Å². The van der Waals surface area contributed by atoms with Crippen molar-refractivity contribution in [3.8, 4) is 0 Å². The third-order valence-corrected chi connectivity index (χ3v) is 3.49. The topological polar surface area (TPSA) is 43.8 Å². The van der Waals surface area contributed by atoms with Crippen molar-refractivity contribution in [1.82, 2.24) is 9.78 Å². The van der Waals surface area contributed by atoms with Crippen molar-refractivity contribution in [1.29, 1.82) is 0 Å². The highest BCUT2D eigenvalue weighted by Gasteiger charge is 2.22. The molecule has 0 aliphatic heterocycles. The van der Waals surface area contributed by atoms with Crippen molar-refractivity contribution in [3.05, 3.63) is 17.5 Å². The fourth-order valence-electron chi connectivity index (χ4n) is 2.59. The summed E-state index contributed by atoms with van der Waals surface area (Å²) in [6.07, 6.45) is 5.33. The summed E-state index contributed by atoms with van der Waals surface area (Å²) < 4.78 is 2.05. The lowest BCUT2D eigenvalue weighted by atomic mass is 9.99. The van der Waals surface area contributed by atoms with Gasteiger partial charge in [-0.15, -0.1) is 0 Å². The average molecular weight is 207 g/mol. The summed E-state index contributed by atoms with van der Waals surface area (Å²) in [5.74, 6) is 0.717.